The van der Waals surface area contributed by atoms with Gasteiger partial charge in [-0.05, 0) is 37.5 Å². The van der Waals surface area contributed by atoms with Gasteiger partial charge in [0, 0.05) is 32.8 Å². The highest BCUT2D eigenvalue weighted by molar-refractivity contribution is 7.89. The lowest BCUT2D eigenvalue weighted by Crippen LogP contribution is -2.40. The molecule has 3 rings (SSSR count). The van der Waals surface area contributed by atoms with Crippen LogP contribution >= 0.6 is 0 Å². The summed E-state index contributed by atoms with van der Waals surface area (Å²) in [5.41, 5.74) is 1.08. The SMILES string of the molecule is CCCNC(=O)Nc1cc(S(=O)(=O)N2CCOCC2)ccc1NC[C@@H]1CCCO1. The van der Waals surface area contributed by atoms with Gasteiger partial charge in [0.25, 0.3) is 0 Å². The summed E-state index contributed by atoms with van der Waals surface area (Å²) in [6, 6.07) is 4.40. The molecule has 0 unspecified atom stereocenters. The highest BCUT2D eigenvalue weighted by Crippen LogP contribution is 2.28. The lowest BCUT2D eigenvalue weighted by molar-refractivity contribution is 0.0730. The van der Waals surface area contributed by atoms with Gasteiger partial charge in [0.1, 0.15) is 0 Å². The van der Waals surface area contributed by atoms with Crippen LogP contribution in [-0.2, 0) is 19.5 Å². The molecule has 2 amide bonds. The van der Waals surface area contributed by atoms with Crippen LogP contribution in [0.3, 0.4) is 0 Å². The minimum absolute atomic E-state index is 0.119. The molecule has 0 aliphatic carbocycles. The molecule has 2 aliphatic heterocycles. The second kappa shape index (κ2) is 10.2. The van der Waals surface area contributed by atoms with Crippen molar-refractivity contribution in [1.29, 1.82) is 0 Å². The van der Waals surface area contributed by atoms with Crippen LogP contribution in [0.5, 0.6) is 0 Å². The molecule has 0 aromatic heterocycles. The number of nitrogens with one attached hydrogen (secondary N) is 3. The Bertz CT molecular complexity index is 790. The number of nitrogens with zero attached hydrogens (tertiary/aromatic N) is 1. The van der Waals surface area contributed by atoms with Crippen molar-refractivity contribution in [3.05, 3.63) is 18.2 Å². The van der Waals surface area contributed by atoms with Gasteiger partial charge >= 0.3 is 6.03 Å². The molecule has 1 aromatic carbocycles. The Morgan fingerprint density at radius 2 is 2.00 bits per heavy atom. The Balaban J connectivity index is 1.80. The molecule has 2 fully saturated rings. The van der Waals surface area contributed by atoms with E-state index in [0.29, 0.717) is 50.8 Å². The molecule has 29 heavy (non-hydrogen) atoms. The number of anilines is 2. The van der Waals surface area contributed by atoms with Crippen LogP contribution < -0.4 is 16.0 Å². The average Bonchev–Trinajstić information content (AvgIpc) is 3.25. The van der Waals surface area contributed by atoms with E-state index in [9.17, 15) is 13.2 Å². The Morgan fingerprint density at radius 3 is 2.69 bits per heavy atom. The van der Waals surface area contributed by atoms with Crippen molar-refractivity contribution >= 4 is 27.4 Å². The summed E-state index contributed by atoms with van der Waals surface area (Å²) in [5.74, 6) is 0. The van der Waals surface area contributed by atoms with Crippen molar-refractivity contribution in [2.45, 2.75) is 37.2 Å². The number of hydrogen-bond donors (Lipinski definition) is 3. The molecule has 2 heterocycles. The van der Waals surface area contributed by atoms with Gasteiger partial charge in [-0.2, -0.15) is 4.31 Å². The zero-order chi connectivity index (χ0) is 20.7. The van der Waals surface area contributed by atoms with Gasteiger partial charge < -0.3 is 25.4 Å². The van der Waals surface area contributed by atoms with Crippen LogP contribution in [0.1, 0.15) is 26.2 Å². The fourth-order valence-electron chi connectivity index (χ4n) is 3.31. The topological polar surface area (TPSA) is 109 Å². The number of sulfonamides is 1. The Kier molecular flexibility index (Phi) is 7.70. The van der Waals surface area contributed by atoms with Crippen LogP contribution in [0.2, 0.25) is 0 Å². The summed E-state index contributed by atoms with van der Waals surface area (Å²) in [6.45, 7) is 5.26. The van der Waals surface area contributed by atoms with Gasteiger partial charge in [0.2, 0.25) is 10.0 Å². The van der Waals surface area contributed by atoms with E-state index in [1.807, 2.05) is 6.92 Å². The summed E-state index contributed by atoms with van der Waals surface area (Å²) >= 11 is 0. The van der Waals surface area contributed by atoms with Gasteiger partial charge in [-0.25, -0.2) is 13.2 Å². The predicted molar refractivity (Wildman–Crippen MR) is 111 cm³/mol. The number of carbonyl (C=O) groups excluding carboxylic acids is 1. The van der Waals surface area contributed by atoms with Crippen molar-refractivity contribution in [3.8, 4) is 0 Å². The Labute approximate surface area is 172 Å². The van der Waals surface area contributed by atoms with E-state index >= 15 is 0 Å². The normalized spacial score (nSPS) is 20.4. The number of hydrogen-bond acceptors (Lipinski definition) is 6. The zero-order valence-electron chi connectivity index (χ0n) is 16.8. The third-order valence-corrected chi connectivity index (χ3v) is 6.82. The first-order valence-electron chi connectivity index (χ1n) is 10.1. The maximum absolute atomic E-state index is 13.0. The fraction of sp³-hybridized carbons (Fsp3) is 0.632. The molecule has 2 aliphatic rings. The number of carbonyl (C=O) groups is 1. The maximum atomic E-state index is 13.0. The number of ether oxygens (including phenoxy) is 2. The van der Waals surface area contributed by atoms with Crippen molar-refractivity contribution < 1.29 is 22.7 Å². The predicted octanol–water partition coefficient (Wildman–Crippen LogP) is 1.83. The van der Waals surface area contributed by atoms with E-state index in [-0.39, 0.29) is 17.0 Å². The molecule has 0 bridgehead atoms. The van der Waals surface area contributed by atoms with Gasteiger partial charge in [0.05, 0.1) is 35.6 Å². The van der Waals surface area contributed by atoms with Crippen molar-refractivity contribution in [2.24, 2.45) is 0 Å². The molecule has 2 saturated heterocycles. The van der Waals surface area contributed by atoms with Crippen LogP contribution in [0.4, 0.5) is 16.2 Å². The van der Waals surface area contributed by atoms with E-state index in [4.69, 9.17) is 9.47 Å². The third-order valence-electron chi connectivity index (χ3n) is 4.93. The van der Waals surface area contributed by atoms with E-state index in [0.717, 1.165) is 25.9 Å². The number of morpholine rings is 1. The molecular weight excluding hydrogens is 396 g/mol. The van der Waals surface area contributed by atoms with Gasteiger partial charge in [0.15, 0.2) is 0 Å². The molecule has 3 N–H and O–H groups in total. The summed E-state index contributed by atoms with van der Waals surface area (Å²) < 4.78 is 38.2. The molecule has 1 aromatic rings. The third kappa shape index (κ3) is 5.81. The summed E-state index contributed by atoms with van der Waals surface area (Å²) in [6.07, 6.45) is 2.95. The molecule has 0 spiro atoms. The van der Waals surface area contributed by atoms with Crippen molar-refractivity contribution in [3.63, 3.8) is 0 Å². The van der Waals surface area contributed by atoms with E-state index < -0.39 is 10.0 Å². The Hall–Kier alpha value is -1.88. The fourth-order valence-corrected chi connectivity index (χ4v) is 4.75. The standard InChI is InChI=1S/C19H30N4O5S/c1-2-7-20-19(24)22-18-13-16(29(25,26)23-8-11-27-12-9-23)5-6-17(18)21-14-15-4-3-10-28-15/h5-6,13,15,21H,2-4,7-12,14H2,1H3,(H2,20,22,24)/t15-/m0/s1. The minimum Gasteiger partial charge on any atom is -0.381 e. The molecular formula is C19H30N4O5S. The van der Waals surface area contributed by atoms with Gasteiger partial charge in [-0.15, -0.1) is 0 Å². The summed E-state index contributed by atoms with van der Waals surface area (Å²) in [4.78, 5) is 12.3. The number of urea groups is 1. The highest BCUT2D eigenvalue weighted by Gasteiger charge is 2.27. The average molecular weight is 427 g/mol. The first-order chi connectivity index (χ1) is 14.0. The minimum atomic E-state index is -3.66. The lowest BCUT2D eigenvalue weighted by Gasteiger charge is -2.26. The smallest absolute Gasteiger partial charge is 0.319 e. The van der Waals surface area contributed by atoms with Gasteiger partial charge in [-0.1, -0.05) is 6.92 Å². The lowest BCUT2D eigenvalue weighted by atomic mass is 10.2. The Morgan fingerprint density at radius 1 is 1.21 bits per heavy atom. The second-order valence-electron chi connectivity index (χ2n) is 7.12. The molecule has 1 atom stereocenters. The monoisotopic (exact) mass is 426 g/mol. The summed E-state index contributed by atoms with van der Waals surface area (Å²) in [5, 5.41) is 8.80. The van der Waals surface area contributed by atoms with Crippen LogP contribution in [0.25, 0.3) is 0 Å². The summed E-state index contributed by atoms with van der Waals surface area (Å²) in [7, 11) is -3.66. The molecule has 162 valence electrons. The van der Waals surface area contributed by atoms with Crippen LogP contribution in [0, 0.1) is 0 Å². The van der Waals surface area contributed by atoms with Crippen LogP contribution in [-0.4, -0.2) is 70.9 Å². The molecule has 0 radical (unpaired) electrons. The largest absolute Gasteiger partial charge is 0.381 e. The van der Waals surface area contributed by atoms with Crippen LogP contribution in [0.15, 0.2) is 23.1 Å². The van der Waals surface area contributed by atoms with Gasteiger partial charge in [-0.3, -0.25) is 0 Å². The molecule has 0 saturated carbocycles. The number of rotatable bonds is 8. The highest BCUT2D eigenvalue weighted by atomic mass is 32.2. The first kappa shape index (κ1) is 21.8. The molecule has 9 nitrogen and oxygen atoms in total. The number of amides is 2. The van der Waals surface area contributed by atoms with Crippen molar-refractivity contribution in [2.75, 3.05) is 56.6 Å². The van der Waals surface area contributed by atoms with E-state index in [1.54, 1.807) is 12.1 Å². The van der Waals surface area contributed by atoms with Crippen molar-refractivity contribution in [1.82, 2.24) is 9.62 Å². The maximum Gasteiger partial charge on any atom is 0.319 e. The first-order valence-corrected chi connectivity index (χ1v) is 11.6. The molecule has 10 heteroatoms. The zero-order valence-corrected chi connectivity index (χ0v) is 17.6. The van der Waals surface area contributed by atoms with E-state index in [1.165, 1.54) is 10.4 Å². The quantitative estimate of drug-likeness (QED) is 0.585. The van der Waals surface area contributed by atoms with E-state index in [2.05, 4.69) is 16.0 Å². The number of benzene rings is 1. The second-order valence-corrected chi connectivity index (χ2v) is 9.06.